The van der Waals surface area contributed by atoms with Crippen LogP contribution >= 0.6 is 27.7 Å². The Hall–Kier alpha value is -0.880. The van der Waals surface area contributed by atoms with E-state index in [9.17, 15) is 14.9 Å². The van der Waals surface area contributed by atoms with Gasteiger partial charge in [-0.05, 0) is 17.7 Å². The molecule has 94 valence electrons. The number of carbonyl (C=O) groups excluding carboxylic acids is 1. The van der Waals surface area contributed by atoms with Crippen molar-refractivity contribution in [3.05, 3.63) is 44.4 Å². The van der Waals surface area contributed by atoms with Crippen LogP contribution < -0.4 is 0 Å². The first kappa shape index (κ1) is 12.2. The quantitative estimate of drug-likeness (QED) is 0.486. The number of nitrogens with zero attached hydrogens (tertiary/aromatic N) is 1. The third-order valence-electron chi connectivity index (χ3n) is 3.91. The third kappa shape index (κ3) is 1.48. The Balaban J connectivity index is 1.99. The van der Waals surface area contributed by atoms with Crippen LogP contribution in [0.2, 0.25) is 0 Å². The highest BCUT2D eigenvalue weighted by molar-refractivity contribution is 9.10. The second-order valence-corrected chi connectivity index (χ2v) is 6.78. The monoisotopic (exact) mass is 327 g/mol. The Morgan fingerprint density at radius 1 is 1.56 bits per heavy atom. The lowest BCUT2D eigenvalue weighted by molar-refractivity contribution is -0.503. The van der Waals surface area contributed by atoms with E-state index < -0.39 is 11.5 Å². The molecule has 0 unspecified atom stereocenters. The highest BCUT2D eigenvalue weighted by atomic mass is 79.9. The predicted molar refractivity (Wildman–Crippen MR) is 72.1 cm³/mol. The summed E-state index contributed by atoms with van der Waals surface area (Å²) in [6, 6.07) is 6.99. The molecule has 3 rings (SSSR count). The second-order valence-electron chi connectivity index (χ2n) is 4.72. The zero-order chi connectivity index (χ0) is 12.9. The summed E-state index contributed by atoms with van der Waals surface area (Å²) in [7, 11) is 0. The molecule has 1 aliphatic heterocycles. The Bertz CT molecular complexity index is 538. The van der Waals surface area contributed by atoms with E-state index in [0.29, 0.717) is 5.75 Å². The van der Waals surface area contributed by atoms with Crippen LogP contribution in [0, 0.1) is 21.4 Å². The average molecular weight is 328 g/mol. The number of hydrogen-bond donors (Lipinski definition) is 0. The smallest absolute Gasteiger partial charge is 0.232 e. The highest BCUT2D eigenvalue weighted by Gasteiger charge is 2.80. The molecule has 4 nitrogen and oxygen atoms in total. The fourth-order valence-electron chi connectivity index (χ4n) is 3.01. The van der Waals surface area contributed by atoms with E-state index in [1.165, 1.54) is 0 Å². The lowest BCUT2D eigenvalue weighted by Crippen LogP contribution is -2.21. The lowest BCUT2D eigenvalue weighted by Gasteiger charge is -2.17. The Morgan fingerprint density at radius 3 is 2.89 bits per heavy atom. The van der Waals surface area contributed by atoms with Crippen LogP contribution in [-0.4, -0.2) is 23.0 Å². The van der Waals surface area contributed by atoms with E-state index in [-0.39, 0.29) is 16.1 Å². The number of nitro groups is 1. The molecule has 0 radical (unpaired) electrons. The van der Waals surface area contributed by atoms with Gasteiger partial charge in [0.1, 0.15) is 11.7 Å². The van der Waals surface area contributed by atoms with Crippen LogP contribution in [0.25, 0.3) is 0 Å². The van der Waals surface area contributed by atoms with Gasteiger partial charge in [0.25, 0.3) is 0 Å². The first-order chi connectivity index (χ1) is 8.61. The van der Waals surface area contributed by atoms with Gasteiger partial charge in [0.15, 0.2) is 0 Å². The first-order valence-electron chi connectivity index (χ1n) is 5.58. The summed E-state index contributed by atoms with van der Waals surface area (Å²) < 4.78 is 0.934. The van der Waals surface area contributed by atoms with Crippen LogP contribution in [-0.2, 0) is 4.79 Å². The Labute approximate surface area is 116 Å². The molecule has 1 saturated heterocycles. The van der Waals surface area contributed by atoms with E-state index in [1.807, 2.05) is 24.3 Å². The maximum absolute atomic E-state index is 11.4. The normalized spacial score (nSPS) is 37.1. The fraction of sp³-hybridized carbons (Fsp3) is 0.417. The van der Waals surface area contributed by atoms with Crippen molar-refractivity contribution >= 4 is 34.0 Å². The summed E-state index contributed by atoms with van der Waals surface area (Å²) in [6.45, 7) is 0. The number of aldehydes is 1. The summed E-state index contributed by atoms with van der Waals surface area (Å²) in [4.78, 5) is 22.1. The van der Waals surface area contributed by atoms with Crippen LogP contribution in [0.4, 0.5) is 0 Å². The molecule has 1 aromatic rings. The van der Waals surface area contributed by atoms with Crippen molar-refractivity contribution in [2.75, 3.05) is 5.75 Å². The van der Waals surface area contributed by atoms with E-state index in [1.54, 1.807) is 11.8 Å². The number of rotatable bonds is 3. The van der Waals surface area contributed by atoms with Gasteiger partial charge in [-0.15, -0.1) is 0 Å². The van der Waals surface area contributed by atoms with Gasteiger partial charge in [0.2, 0.25) is 6.04 Å². The standard InChI is InChI=1S/C12H10BrNO3S/c13-8-3-1-2-7(4-8)11-12(6-15)9(5-18-11)10(12)14(16)17/h1-4,6,9-11H,5H2/t9-,10-,11-,12-/m1/s1. The Kier molecular flexibility index (Phi) is 2.75. The summed E-state index contributed by atoms with van der Waals surface area (Å²) in [6.07, 6.45) is 0.816. The number of halogens is 1. The molecule has 6 heteroatoms. The minimum Gasteiger partial charge on any atom is -0.302 e. The second kappa shape index (κ2) is 4.06. The van der Waals surface area contributed by atoms with Crippen molar-refractivity contribution in [2.45, 2.75) is 11.3 Å². The average Bonchev–Trinajstić information content (AvgIpc) is 2.86. The van der Waals surface area contributed by atoms with Crippen molar-refractivity contribution in [1.82, 2.24) is 0 Å². The lowest BCUT2D eigenvalue weighted by atomic mass is 9.95. The van der Waals surface area contributed by atoms with E-state index in [0.717, 1.165) is 16.3 Å². The molecule has 0 amide bonds. The molecule has 18 heavy (non-hydrogen) atoms. The van der Waals surface area contributed by atoms with Gasteiger partial charge < -0.3 is 4.79 Å². The molecule has 1 aromatic carbocycles. The van der Waals surface area contributed by atoms with Gasteiger partial charge in [0, 0.05) is 20.4 Å². The maximum Gasteiger partial charge on any atom is 0.232 e. The predicted octanol–water partition coefficient (Wildman–Crippen LogP) is 2.70. The van der Waals surface area contributed by atoms with Crippen LogP contribution in [0.1, 0.15) is 10.8 Å². The molecule has 1 aliphatic carbocycles. The molecule has 0 aromatic heterocycles. The van der Waals surface area contributed by atoms with Crippen molar-refractivity contribution in [3.63, 3.8) is 0 Å². The number of hydrogen-bond acceptors (Lipinski definition) is 4. The number of benzene rings is 1. The molecule has 4 atom stereocenters. The fourth-order valence-corrected chi connectivity index (χ4v) is 5.30. The zero-order valence-corrected chi connectivity index (χ0v) is 11.7. The van der Waals surface area contributed by atoms with E-state index in [2.05, 4.69) is 15.9 Å². The molecule has 0 N–H and O–H groups in total. The minimum atomic E-state index is -0.783. The van der Waals surface area contributed by atoms with Gasteiger partial charge in [0.05, 0.1) is 5.92 Å². The Morgan fingerprint density at radius 2 is 2.33 bits per heavy atom. The SMILES string of the molecule is O=C[C@@]12[C@@H](c3cccc(Br)c3)SC[C@@H]1[C@H]2[N+](=O)[O-]. The molecule has 0 bridgehead atoms. The topological polar surface area (TPSA) is 60.2 Å². The molecule has 2 fully saturated rings. The molecular weight excluding hydrogens is 318 g/mol. The number of fused-ring (bicyclic) bond motifs is 1. The van der Waals surface area contributed by atoms with Crippen molar-refractivity contribution in [3.8, 4) is 0 Å². The molecule has 1 saturated carbocycles. The molecule has 0 spiro atoms. The summed E-state index contributed by atoms with van der Waals surface area (Å²) in [5.41, 5.74) is 0.211. The minimum absolute atomic E-state index is 0.0899. The van der Waals surface area contributed by atoms with Gasteiger partial charge in [-0.2, -0.15) is 11.8 Å². The largest absolute Gasteiger partial charge is 0.302 e. The van der Waals surface area contributed by atoms with Gasteiger partial charge in [-0.1, -0.05) is 28.1 Å². The molecular formula is C12H10BrNO3S. The summed E-state index contributed by atoms with van der Waals surface area (Å²) >= 11 is 5.04. The maximum atomic E-state index is 11.4. The first-order valence-corrected chi connectivity index (χ1v) is 7.42. The van der Waals surface area contributed by atoms with Gasteiger partial charge >= 0.3 is 0 Å². The summed E-state index contributed by atoms with van der Waals surface area (Å²) in [5, 5.41) is 10.9. The van der Waals surface area contributed by atoms with E-state index in [4.69, 9.17) is 0 Å². The van der Waals surface area contributed by atoms with Crippen LogP contribution in [0.5, 0.6) is 0 Å². The van der Waals surface area contributed by atoms with Crippen LogP contribution in [0.15, 0.2) is 28.7 Å². The van der Waals surface area contributed by atoms with Crippen molar-refractivity contribution in [2.24, 2.45) is 11.3 Å². The van der Waals surface area contributed by atoms with Crippen molar-refractivity contribution in [1.29, 1.82) is 0 Å². The van der Waals surface area contributed by atoms with Crippen LogP contribution in [0.3, 0.4) is 0 Å². The van der Waals surface area contributed by atoms with Crippen molar-refractivity contribution < 1.29 is 9.72 Å². The zero-order valence-electron chi connectivity index (χ0n) is 9.28. The third-order valence-corrected chi connectivity index (χ3v) is 5.96. The number of thioether (sulfide) groups is 1. The van der Waals surface area contributed by atoms with E-state index >= 15 is 0 Å². The molecule has 1 heterocycles. The van der Waals surface area contributed by atoms with Gasteiger partial charge in [-0.25, -0.2) is 0 Å². The highest BCUT2D eigenvalue weighted by Crippen LogP contribution is 2.71. The van der Waals surface area contributed by atoms with Gasteiger partial charge in [-0.3, -0.25) is 10.1 Å². The number of carbonyl (C=O) groups is 1. The summed E-state index contributed by atoms with van der Waals surface area (Å²) in [5.74, 6) is 0.598. The molecule has 2 aliphatic rings.